The molecule has 4 fully saturated rings. The molecule has 0 amide bonds. The number of pyridine rings is 2. The number of aromatic nitrogens is 2. The van der Waals surface area contributed by atoms with Crippen LogP contribution < -0.4 is 20.1 Å². The lowest BCUT2D eigenvalue weighted by Crippen LogP contribution is -2.38. The molecule has 10 rings (SSSR count). The number of fused-ring (bicyclic) bond motifs is 2. The van der Waals surface area contributed by atoms with Crippen LogP contribution in [0.25, 0.3) is 0 Å². The van der Waals surface area contributed by atoms with Crippen molar-refractivity contribution in [1.82, 2.24) is 19.8 Å². The van der Waals surface area contributed by atoms with Crippen molar-refractivity contribution >= 4 is 23.6 Å². The van der Waals surface area contributed by atoms with Crippen molar-refractivity contribution in [1.29, 1.82) is 0 Å². The Labute approximate surface area is 496 Å². The summed E-state index contributed by atoms with van der Waals surface area (Å²) in [5.41, 5.74) is 6.52. The lowest BCUT2D eigenvalue weighted by Gasteiger charge is -2.33. The zero-order valence-corrected chi connectivity index (χ0v) is 50.8. The Hall–Kier alpha value is -5.50. The number of carbonyl (C=O) groups excluding carboxylic acids is 1. The first-order chi connectivity index (χ1) is 40.5. The van der Waals surface area contributed by atoms with Crippen molar-refractivity contribution in [3.8, 4) is 11.5 Å². The predicted octanol–water partition coefficient (Wildman–Crippen LogP) is 12.2. The molecule has 0 bridgehead atoms. The normalized spacial score (nSPS) is 23.4. The molecule has 3 N–H and O–H groups in total. The number of likely N-dealkylation sites (tertiary alicyclic amines) is 2. The molecule has 8 heterocycles. The number of aliphatic carboxylic acids is 1. The number of nitrogens with zero attached hydrogens (tertiary/aromatic N) is 4. The molecule has 0 spiro atoms. The Bertz CT molecular complexity index is 2820. The number of carbonyl (C=O) groups is 2. The Morgan fingerprint density at radius 3 is 1.55 bits per heavy atom. The van der Waals surface area contributed by atoms with E-state index < -0.39 is 29.5 Å². The molecule has 0 radical (unpaired) electrons. The van der Waals surface area contributed by atoms with Gasteiger partial charge in [0.2, 0.25) is 0 Å². The van der Waals surface area contributed by atoms with E-state index in [0.717, 1.165) is 167 Å². The van der Waals surface area contributed by atoms with Crippen LogP contribution in [0.4, 0.5) is 20.4 Å². The third-order valence-corrected chi connectivity index (χ3v) is 17.2. The van der Waals surface area contributed by atoms with Crippen LogP contribution in [0, 0.1) is 11.6 Å². The van der Waals surface area contributed by atoms with Crippen LogP contribution in [0.1, 0.15) is 194 Å². The molecule has 6 aliphatic heterocycles. The maximum Gasteiger partial charge on any atom is 0.328 e. The molecule has 0 saturated carbocycles. The summed E-state index contributed by atoms with van der Waals surface area (Å²) in [6, 6.07) is 12.5. The van der Waals surface area contributed by atoms with E-state index in [4.69, 9.17) is 43.1 Å². The number of unbranched alkanes of at least 4 members (excludes halogenated alkanes) is 2. The van der Waals surface area contributed by atoms with E-state index in [-0.39, 0.29) is 36.2 Å². The van der Waals surface area contributed by atoms with Crippen LogP contribution in [0.3, 0.4) is 0 Å². The molecular weight excluding hydrogens is 1070 g/mol. The fourth-order valence-corrected chi connectivity index (χ4v) is 12.9. The van der Waals surface area contributed by atoms with Gasteiger partial charge in [0.1, 0.15) is 52.5 Å². The van der Waals surface area contributed by atoms with Crippen LogP contribution >= 0.6 is 0 Å². The number of rotatable bonds is 22. The molecule has 8 atom stereocenters. The molecule has 84 heavy (non-hydrogen) atoms. The maximum atomic E-state index is 14.7. The lowest BCUT2D eigenvalue weighted by molar-refractivity contribution is -0.161. The number of nitrogens with one attached hydrogen (secondary N) is 2. The van der Waals surface area contributed by atoms with Crippen LogP contribution in [0.15, 0.2) is 48.5 Å². The second-order valence-electron chi connectivity index (χ2n) is 24.9. The van der Waals surface area contributed by atoms with Crippen molar-refractivity contribution in [3.63, 3.8) is 0 Å². The van der Waals surface area contributed by atoms with Crippen LogP contribution in [0.2, 0.25) is 0 Å². The van der Waals surface area contributed by atoms with E-state index >= 15 is 0 Å². The smallest absolute Gasteiger partial charge is 0.328 e. The highest BCUT2D eigenvalue weighted by atomic mass is 19.1. The average molecular weight is 1170 g/mol. The van der Waals surface area contributed by atoms with E-state index in [2.05, 4.69) is 41.5 Å². The summed E-state index contributed by atoms with van der Waals surface area (Å²) in [4.78, 5) is 39.9. The maximum absolute atomic E-state index is 14.7. The Balaban J connectivity index is 0.000000202. The number of benzene rings is 2. The van der Waals surface area contributed by atoms with Crippen LogP contribution in [0.5, 0.6) is 11.5 Å². The van der Waals surface area contributed by atoms with Crippen molar-refractivity contribution < 1.29 is 56.6 Å². The molecule has 2 aromatic heterocycles. The van der Waals surface area contributed by atoms with Gasteiger partial charge in [-0.1, -0.05) is 12.1 Å². The van der Waals surface area contributed by atoms with Gasteiger partial charge >= 0.3 is 11.9 Å². The van der Waals surface area contributed by atoms with Crippen LogP contribution in [-0.4, -0.2) is 134 Å². The molecule has 6 aliphatic rings. The van der Waals surface area contributed by atoms with E-state index in [9.17, 15) is 23.5 Å². The molecule has 16 nitrogen and oxygen atoms in total. The number of esters is 1. The van der Waals surface area contributed by atoms with Gasteiger partial charge in [-0.15, -0.1) is 0 Å². The Kier molecular flexibility index (Phi) is 22.3. The molecule has 2 aromatic carbocycles. The number of ether oxygens (including phenoxy) is 7. The third kappa shape index (κ3) is 16.7. The summed E-state index contributed by atoms with van der Waals surface area (Å²) in [6.45, 7) is 14.8. The lowest BCUT2D eigenvalue weighted by atomic mass is 9.92. The van der Waals surface area contributed by atoms with Crippen molar-refractivity contribution in [2.75, 3.05) is 77.5 Å². The topological polar surface area (TPSA) is 175 Å². The summed E-state index contributed by atoms with van der Waals surface area (Å²) in [5, 5.41) is 17.2. The van der Waals surface area contributed by atoms with Gasteiger partial charge in [-0.3, -0.25) is 14.6 Å². The van der Waals surface area contributed by atoms with Gasteiger partial charge in [0.05, 0.1) is 38.6 Å². The monoisotopic (exact) mass is 1170 g/mol. The minimum atomic E-state index is -0.972. The Morgan fingerprint density at radius 1 is 0.655 bits per heavy atom. The summed E-state index contributed by atoms with van der Waals surface area (Å²) < 4.78 is 70.7. The highest BCUT2D eigenvalue weighted by Crippen LogP contribution is 2.40. The van der Waals surface area contributed by atoms with Gasteiger partial charge < -0.3 is 48.9 Å². The first-order valence-corrected chi connectivity index (χ1v) is 31.2. The number of aryl methyl sites for hydroxylation is 2. The summed E-state index contributed by atoms with van der Waals surface area (Å²) >= 11 is 0. The highest BCUT2D eigenvalue weighted by molar-refractivity contribution is 5.79. The first-order valence-electron chi connectivity index (χ1n) is 31.2. The zero-order valence-electron chi connectivity index (χ0n) is 50.8. The van der Waals surface area contributed by atoms with Gasteiger partial charge in [-0.2, -0.15) is 0 Å². The fraction of sp³-hybridized carbons (Fsp3) is 0.636. The second kappa shape index (κ2) is 29.7. The highest BCUT2D eigenvalue weighted by Gasteiger charge is 2.40. The number of anilines is 2. The molecule has 460 valence electrons. The molecule has 18 heteroatoms. The number of hydrogen-bond donors (Lipinski definition) is 3. The van der Waals surface area contributed by atoms with Crippen molar-refractivity contribution in [2.45, 2.75) is 204 Å². The number of carboxylic acid groups (broad SMARTS) is 1. The van der Waals surface area contributed by atoms with Gasteiger partial charge in [0.15, 0.2) is 0 Å². The van der Waals surface area contributed by atoms with E-state index in [1.54, 1.807) is 26.4 Å². The standard InChI is InChI=1S/C35H50FN3O5.C31H42FN3O5/c1-23-12-14-28-31(41-5)21-25(38-33(28)37-23)10-6-8-18-42-26-16-17-39(22-26)32(34(40)44-35(2,3)4)29-20-24(36)13-15-27(29)30-11-7-9-19-43-30;1-20-9-11-25-28(38-2)18-22(34-30(25)33-20)7-3-5-15-39-23-13-14-35(19-23)29(31(36)37)26-17-21(32)10-12-24(26)27-8-4-6-16-40-27/h13,15,20-21,23,26,30,32H,6-12,14,16-19,22H2,1-5H3,(H,37,38);10,12,17-18,20,23,27,29H,3-9,11,13-16,19H2,1-2H3,(H,33,34)(H,36,37)/t23?,26-,30+,32?;20?,23-,27+,29?/m11/s1. The molecule has 4 saturated heterocycles. The zero-order chi connectivity index (χ0) is 59.3. The quantitative estimate of drug-likeness (QED) is 0.0500. The van der Waals surface area contributed by atoms with Gasteiger partial charge in [-0.25, -0.2) is 23.5 Å². The number of hydrogen-bond acceptors (Lipinski definition) is 15. The van der Waals surface area contributed by atoms with E-state index in [0.29, 0.717) is 75.8 Å². The fourth-order valence-electron chi connectivity index (χ4n) is 12.9. The SMILES string of the molecule is COc1cc(CCCCO[C@@H]2CCN(C(C(=O)O)c3cc(F)ccc3[C@@H]3CCCCO3)C2)nc2c1CCC(C)N2.COc1cc(CCCCO[C@@H]2CCN(C(C(=O)OC(C)(C)C)c3cc(F)ccc3[C@@H]3CCCCO3)C2)nc2c1CCC(C)N2. The second-order valence-corrected chi connectivity index (χ2v) is 24.9. The van der Waals surface area contributed by atoms with E-state index in [1.807, 2.05) is 25.7 Å². The van der Waals surface area contributed by atoms with Gasteiger partial charge in [0, 0.05) is 99.3 Å². The van der Waals surface area contributed by atoms with E-state index in [1.165, 1.54) is 29.8 Å². The molecular formula is C66H92F2N6O10. The molecule has 4 unspecified atom stereocenters. The third-order valence-electron chi connectivity index (χ3n) is 17.2. The molecule has 0 aliphatic carbocycles. The van der Waals surface area contributed by atoms with Crippen LogP contribution in [-0.2, 0) is 59.0 Å². The number of methoxy groups -OCH3 is 2. The minimum absolute atomic E-state index is 0.00414. The number of carboxylic acids is 1. The van der Waals surface area contributed by atoms with Gasteiger partial charge in [0.25, 0.3) is 0 Å². The average Bonchev–Trinajstić information content (AvgIpc) is 4.29. The van der Waals surface area contributed by atoms with Crippen molar-refractivity contribution in [3.05, 3.63) is 105 Å². The summed E-state index contributed by atoms with van der Waals surface area (Å²) in [7, 11) is 3.44. The van der Waals surface area contributed by atoms with Crippen molar-refractivity contribution in [2.24, 2.45) is 0 Å². The largest absolute Gasteiger partial charge is 0.496 e. The van der Waals surface area contributed by atoms with Gasteiger partial charge in [-0.05, 0) is 197 Å². The Morgan fingerprint density at radius 2 is 1.12 bits per heavy atom. The summed E-state index contributed by atoms with van der Waals surface area (Å²) in [6.07, 6.45) is 16.4. The number of halogens is 2. The summed E-state index contributed by atoms with van der Waals surface area (Å²) in [5.74, 6) is 1.60. The predicted molar refractivity (Wildman–Crippen MR) is 319 cm³/mol. The first kappa shape index (κ1) is 63.0. The molecule has 4 aromatic rings. The minimum Gasteiger partial charge on any atom is -0.496 e.